The number of halogens is 2. The molecule has 0 heterocycles. The van der Waals surface area contributed by atoms with Gasteiger partial charge in [-0.05, 0) is 68.1 Å². The van der Waals surface area contributed by atoms with Crippen LogP contribution in [-0.4, -0.2) is 34.6 Å². The summed E-state index contributed by atoms with van der Waals surface area (Å²) >= 11 is 0. The molecule has 4 rings (SSSR count). The molecule has 9 atom stereocenters. The lowest BCUT2D eigenvalue weighted by Crippen LogP contribution is -2.69. The molecule has 0 aromatic rings. The van der Waals surface area contributed by atoms with Gasteiger partial charge in [-0.1, -0.05) is 26.8 Å². The van der Waals surface area contributed by atoms with Crippen molar-refractivity contribution in [1.29, 1.82) is 0 Å². The first-order chi connectivity index (χ1) is 12.8. The van der Waals surface area contributed by atoms with Crippen molar-refractivity contribution < 1.29 is 23.5 Å². The number of allylic oxidation sites excluding steroid dienone is 4. The maximum Gasteiger partial charge on any atom is 0.178 e. The van der Waals surface area contributed by atoms with Crippen LogP contribution < -0.4 is 0 Å². The summed E-state index contributed by atoms with van der Waals surface area (Å²) in [7, 11) is 0. The fourth-order valence-electron chi connectivity index (χ4n) is 7.51. The standard InChI is InChI=1S/C23H30F2O3/c1-12-8-15-16-10-18(24)17-9-14(27)6-7-20(17,3)23(16,25)19(28)11-21(15,4)22(12,5)13(2)26/h6-7,9,12,15-16,18-19,28H,8,10-11H2,1-5H3/t12-,15?,16?,18+,19+,20+,21+,22-,23+/m1/s1. The summed E-state index contributed by atoms with van der Waals surface area (Å²) in [4.78, 5) is 24.5. The molecule has 28 heavy (non-hydrogen) atoms. The fraction of sp³-hybridized carbons (Fsp3) is 0.739. The minimum atomic E-state index is -2.06. The zero-order valence-electron chi connectivity index (χ0n) is 17.3. The van der Waals surface area contributed by atoms with E-state index in [1.165, 1.54) is 18.2 Å². The van der Waals surface area contributed by atoms with E-state index in [9.17, 15) is 14.7 Å². The molecule has 4 aliphatic rings. The molecule has 0 aliphatic heterocycles. The number of hydrogen-bond donors (Lipinski definition) is 1. The van der Waals surface area contributed by atoms with Gasteiger partial charge >= 0.3 is 0 Å². The predicted molar refractivity (Wildman–Crippen MR) is 102 cm³/mol. The van der Waals surface area contributed by atoms with Gasteiger partial charge in [-0.25, -0.2) is 8.78 Å². The average Bonchev–Trinajstić information content (AvgIpc) is 2.81. The first-order valence-electron chi connectivity index (χ1n) is 10.3. The van der Waals surface area contributed by atoms with Gasteiger partial charge in [0, 0.05) is 16.7 Å². The summed E-state index contributed by atoms with van der Waals surface area (Å²) in [6, 6.07) is 0. The predicted octanol–water partition coefficient (Wildman–Crippen LogP) is 4.15. The normalized spacial score (nSPS) is 55.2. The molecule has 0 radical (unpaired) electrons. The van der Waals surface area contributed by atoms with Crippen LogP contribution in [0.15, 0.2) is 23.8 Å². The van der Waals surface area contributed by atoms with Gasteiger partial charge in [0.15, 0.2) is 11.5 Å². The number of carbonyl (C=O) groups excluding carboxylic acids is 2. The Hall–Kier alpha value is -1.36. The monoisotopic (exact) mass is 392 g/mol. The second kappa shape index (κ2) is 5.62. The van der Waals surface area contributed by atoms with Crippen molar-refractivity contribution >= 4 is 11.6 Å². The third kappa shape index (κ3) is 1.97. The summed E-state index contributed by atoms with van der Waals surface area (Å²) in [5, 5.41) is 11.2. The quantitative estimate of drug-likeness (QED) is 0.729. The lowest BCUT2D eigenvalue weighted by Gasteiger charge is -2.63. The van der Waals surface area contributed by atoms with Gasteiger partial charge in [-0.2, -0.15) is 0 Å². The van der Waals surface area contributed by atoms with Crippen LogP contribution in [0.1, 0.15) is 53.9 Å². The fourth-order valence-corrected chi connectivity index (χ4v) is 7.51. The molecule has 154 valence electrons. The van der Waals surface area contributed by atoms with E-state index in [4.69, 9.17) is 0 Å². The molecule has 3 nitrogen and oxygen atoms in total. The van der Waals surface area contributed by atoms with Crippen LogP contribution in [-0.2, 0) is 9.59 Å². The molecule has 0 amide bonds. The SMILES string of the molecule is CC(=O)[C@@]1(C)[C@H](C)CC2C3C[C@H](F)C4=CC(=O)C=C[C@]4(C)[C@@]3(F)[C@@H](O)C[C@@]21C. The van der Waals surface area contributed by atoms with Gasteiger partial charge in [-0.3, -0.25) is 9.59 Å². The van der Waals surface area contributed by atoms with Crippen molar-refractivity contribution in [1.82, 2.24) is 0 Å². The van der Waals surface area contributed by atoms with Gasteiger partial charge in [0.1, 0.15) is 12.0 Å². The molecule has 0 aromatic carbocycles. The minimum absolute atomic E-state index is 0.0285. The highest BCUT2D eigenvalue weighted by Gasteiger charge is 2.75. The topological polar surface area (TPSA) is 54.4 Å². The van der Waals surface area contributed by atoms with E-state index in [0.717, 1.165) is 0 Å². The lowest BCUT2D eigenvalue weighted by molar-refractivity contribution is -0.210. The number of alkyl halides is 2. The largest absolute Gasteiger partial charge is 0.390 e. The summed E-state index contributed by atoms with van der Waals surface area (Å²) < 4.78 is 32.2. The van der Waals surface area contributed by atoms with Crippen molar-refractivity contribution in [3.63, 3.8) is 0 Å². The van der Waals surface area contributed by atoms with Crippen molar-refractivity contribution in [3.05, 3.63) is 23.8 Å². The Balaban J connectivity index is 1.88. The highest BCUT2D eigenvalue weighted by Crippen LogP contribution is 2.73. The first-order valence-corrected chi connectivity index (χ1v) is 10.3. The van der Waals surface area contributed by atoms with E-state index in [1.54, 1.807) is 13.8 Å². The van der Waals surface area contributed by atoms with Gasteiger partial charge in [0.2, 0.25) is 0 Å². The molecule has 0 bridgehead atoms. The summed E-state index contributed by atoms with van der Waals surface area (Å²) in [6.45, 7) is 9.10. The Morgan fingerprint density at radius 2 is 1.86 bits per heavy atom. The van der Waals surface area contributed by atoms with Crippen molar-refractivity contribution in [2.45, 2.75) is 71.8 Å². The number of ketones is 2. The maximum atomic E-state index is 16.9. The molecule has 4 aliphatic carbocycles. The van der Waals surface area contributed by atoms with Crippen LogP contribution in [0.5, 0.6) is 0 Å². The molecule has 3 fully saturated rings. The average molecular weight is 392 g/mol. The highest BCUT2D eigenvalue weighted by atomic mass is 19.1. The van der Waals surface area contributed by atoms with Crippen LogP contribution in [0, 0.1) is 34.0 Å². The number of hydrogen-bond acceptors (Lipinski definition) is 3. The molecule has 2 unspecified atom stereocenters. The molecular weight excluding hydrogens is 362 g/mol. The number of aliphatic hydroxyl groups is 1. The summed E-state index contributed by atoms with van der Waals surface area (Å²) in [5.41, 5.74) is -4.56. The van der Waals surface area contributed by atoms with Gasteiger partial charge in [0.05, 0.1) is 6.10 Å². The van der Waals surface area contributed by atoms with Crippen molar-refractivity contribution in [2.24, 2.45) is 34.0 Å². The maximum absolute atomic E-state index is 16.9. The molecule has 0 saturated heterocycles. The van der Waals surface area contributed by atoms with E-state index in [-0.39, 0.29) is 41.8 Å². The second-order valence-electron chi connectivity index (χ2n) is 10.3. The van der Waals surface area contributed by atoms with E-state index in [1.807, 2.05) is 20.8 Å². The van der Waals surface area contributed by atoms with Crippen molar-refractivity contribution in [2.75, 3.05) is 0 Å². The number of carbonyl (C=O) groups is 2. The van der Waals surface area contributed by atoms with Crippen LogP contribution in [0.3, 0.4) is 0 Å². The molecule has 0 aromatic heterocycles. The van der Waals surface area contributed by atoms with Gasteiger partial charge in [-0.15, -0.1) is 0 Å². The Kier molecular flexibility index (Phi) is 4.00. The number of aliphatic hydroxyl groups excluding tert-OH is 1. The molecule has 0 spiro atoms. The van der Waals surface area contributed by atoms with Gasteiger partial charge < -0.3 is 5.11 Å². The van der Waals surface area contributed by atoms with E-state index in [2.05, 4.69) is 0 Å². The van der Waals surface area contributed by atoms with E-state index in [0.29, 0.717) is 6.42 Å². The summed E-state index contributed by atoms with van der Waals surface area (Å²) in [5.74, 6) is -1.18. The third-order valence-electron chi connectivity index (χ3n) is 9.53. The molecule has 5 heteroatoms. The lowest BCUT2D eigenvalue weighted by atomic mass is 9.43. The van der Waals surface area contributed by atoms with Crippen molar-refractivity contribution in [3.8, 4) is 0 Å². The zero-order chi connectivity index (χ0) is 20.9. The molecular formula is C23H30F2O3. The van der Waals surface area contributed by atoms with Crippen LogP contribution in [0.4, 0.5) is 8.78 Å². The zero-order valence-corrected chi connectivity index (χ0v) is 17.3. The Morgan fingerprint density at radius 1 is 1.21 bits per heavy atom. The first kappa shape index (κ1) is 19.9. The minimum Gasteiger partial charge on any atom is -0.390 e. The van der Waals surface area contributed by atoms with E-state index >= 15 is 8.78 Å². The third-order valence-corrected chi connectivity index (χ3v) is 9.53. The number of fused-ring (bicyclic) bond motifs is 5. The van der Waals surface area contributed by atoms with Crippen LogP contribution in [0.2, 0.25) is 0 Å². The summed E-state index contributed by atoms with van der Waals surface area (Å²) in [6.07, 6.45) is 1.93. The smallest absolute Gasteiger partial charge is 0.178 e. The number of Topliss-reactive ketones (excluding diaryl/α,β-unsaturated/α-hetero) is 1. The van der Waals surface area contributed by atoms with E-state index < -0.39 is 40.1 Å². The Morgan fingerprint density at radius 3 is 2.46 bits per heavy atom. The molecule has 1 N–H and O–H groups in total. The van der Waals surface area contributed by atoms with Crippen LogP contribution in [0.25, 0.3) is 0 Å². The Bertz CT molecular complexity index is 819. The number of rotatable bonds is 1. The van der Waals surface area contributed by atoms with Gasteiger partial charge in [0.25, 0.3) is 0 Å². The molecule has 3 saturated carbocycles. The van der Waals surface area contributed by atoms with Crippen LogP contribution >= 0.6 is 0 Å². The second-order valence-corrected chi connectivity index (χ2v) is 10.3. The highest BCUT2D eigenvalue weighted by molar-refractivity contribution is 6.01. The Labute approximate surface area is 165 Å².